The van der Waals surface area contributed by atoms with Gasteiger partial charge in [0.1, 0.15) is 5.75 Å². The Labute approximate surface area is 92.8 Å². The van der Waals surface area contributed by atoms with Crippen molar-refractivity contribution < 1.29 is 14.8 Å². The van der Waals surface area contributed by atoms with Gasteiger partial charge in [0.15, 0.2) is 0 Å². The van der Waals surface area contributed by atoms with Crippen LogP contribution in [0.15, 0.2) is 18.2 Å². The third-order valence-electron chi connectivity index (χ3n) is 2.23. The van der Waals surface area contributed by atoms with E-state index in [1.807, 2.05) is 0 Å². The number of nitrogens with two attached hydrogens (primary N) is 1. The second-order valence-electron chi connectivity index (χ2n) is 3.28. The van der Waals surface area contributed by atoms with Gasteiger partial charge in [-0.05, 0) is 25.1 Å². The van der Waals surface area contributed by atoms with Crippen LogP contribution in [-0.2, 0) is 0 Å². The molecule has 0 aliphatic rings. The number of methoxy groups -OCH3 is 1. The second kappa shape index (κ2) is 5.43. The summed E-state index contributed by atoms with van der Waals surface area (Å²) in [6, 6.07) is 4.34. The van der Waals surface area contributed by atoms with Crippen molar-refractivity contribution in [1.29, 1.82) is 0 Å². The molecule has 0 unspecified atom stereocenters. The van der Waals surface area contributed by atoms with Crippen molar-refractivity contribution in [2.75, 3.05) is 13.7 Å². The number of aliphatic hydroxyl groups excluding tert-OH is 1. The highest BCUT2D eigenvalue weighted by Crippen LogP contribution is 2.30. The Morgan fingerprint density at radius 2 is 2.31 bits per heavy atom. The fourth-order valence-corrected chi connectivity index (χ4v) is 1.40. The van der Waals surface area contributed by atoms with Gasteiger partial charge in [0, 0.05) is 0 Å². The molecule has 1 aromatic carbocycles. The summed E-state index contributed by atoms with van der Waals surface area (Å²) in [6.45, 7) is 0.268. The highest BCUT2D eigenvalue weighted by Gasteiger charge is 2.20. The number of rotatable bonds is 5. The molecule has 0 heterocycles. The largest absolute Gasteiger partial charge is 0.497 e. The zero-order chi connectivity index (χ0) is 12.1. The van der Waals surface area contributed by atoms with Crippen molar-refractivity contribution in [3.8, 4) is 5.75 Å². The fraction of sp³-hybridized carbons (Fsp3) is 0.400. The first-order valence-corrected chi connectivity index (χ1v) is 4.80. The van der Waals surface area contributed by atoms with E-state index in [1.54, 1.807) is 6.07 Å². The maximum absolute atomic E-state index is 10.8. The number of hydrogen-bond donors (Lipinski definition) is 2. The molecule has 1 rings (SSSR count). The van der Waals surface area contributed by atoms with Gasteiger partial charge in [0.25, 0.3) is 5.69 Å². The van der Waals surface area contributed by atoms with E-state index >= 15 is 0 Å². The Balaban J connectivity index is 3.12. The Bertz CT molecular complexity index is 381. The molecule has 0 fully saturated rings. The van der Waals surface area contributed by atoms with Crippen LogP contribution in [0.5, 0.6) is 5.75 Å². The Hall–Kier alpha value is -1.66. The molecule has 6 heteroatoms. The summed E-state index contributed by atoms with van der Waals surface area (Å²) in [4.78, 5) is 10.3. The molecule has 6 nitrogen and oxygen atoms in total. The van der Waals surface area contributed by atoms with Gasteiger partial charge in [0.2, 0.25) is 0 Å². The van der Waals surface area contributed by atoms with E-state index in [2.05, 4.69) is 0 Å². The molecule has 0 saturated carbocycles. The number of aliphatic hydroxyl groups is 1. The number of ether oxygens (including phenoxy) is 1. The van der Waals surface area contributed by atoms with Crippen LogP contribution < -0.4 is 10.5 Å². The van der Waals surface area contributed by atoms with Crippen LogP contribution in [-0.4, -0.2) is 23.7 Å². The van der Waals surface area contributed by atoms with Crippen molar-refractivity contribution in [2.45, 2.75) is 12.5 Å². The van der Waals surface area contributed by atoms with Gasteiger partial charge < -0.3 is 15.6 Å². The van der Waals surface area contributed by atoms with Crippen molar-refractivity contribution in [3.05, 3.63) is 33.9 Å². The molecule has 1 aromatic rings. The molecule has 3 N–H and O–H groups in total. The van der Waals surface area contributed by atoms with E-state index in [9.17, 15) is 15.2 Å². The van der Waals surface area contributed by atoms with Gasteiger partial charge in [0.05, 0.1) is 29.8 Å². The van der Waals surface area contributed by atoms with Gasteiger partial charge >= 0.3 is 0 Å². The average Bonchev–Trinajstić information content (AvgIpc) is 2.28. The highest BCUT2D eigenvalue weighted by molar-refractivity contribution is 5.47. The third kappa shape index (κ3) is 2.68. The minimum Gasteiger partial charge on any atom is -0.497 e. The lowest BCUT2D eigenvalue weighted by Gasteiger charge is -2.10. The minimum atomic E-state index is -0.920. The molecule has 1 atom stereocenters. The smallest absolute Gasteiger partial charge is 0.278 e. The molecule has 0 aliphatic carbocycles. The van der Waals surface area contributed by atoms with Crippen LogP contribution in [0.25, 0.3) is 0 Å². The summed E-state index contributed by atoms with van der Waals surface area (Å²) in [5.41, 5.74) is 5.40. The molecule has 0 aromatic heterocycles. The summed E-state index contributed by atoms with van der Waals surface area (Å²) in [5, 5.41) is 20.5. The van der Waals surface area contributed by atoms with Crippen molar-refractivity contribution in [3.63, 3.8) is 0 Å². The predicted molar refractivity (Wildman–Crippen MR) is 58.3 cm³/mol. The molecule has 0 radical (unpaired) electrons. The summed E-state index contributed by atoms with van der Waals surface area (Å²) < 4.78 is 4.89. The van der Waals surface area contributed by atoms with E-state index in [1.165, 1.54) is 19.2 Å². The van der Waals surface area contributed by atoms with Crippen LogP contribution in [0.1, 0.15) is 18.1 Å². The summed E-state index contributed by atoms with van der Waals surface area (Å²) in [5.74, 6) is 0.385. The lowest BCUT2D eigenvalue weighted by atomic mass is 10.0. The first-order chi connectivity index (χ1) is 7.60. The molecule has 88 valence electrons. The van der Waals surface area contributed by atoms with Crippen LogP contribution in [0.2, 0.25) is 0 Å². The van der Waals surface area contributed by atoms with Gasteiger partial charge in [-0.25, -0.2) is 0 Å². The molecule has 0 saturated heterocycles. The van der Waals surface area contributed by atoms with Crippen molar-refractivity contribution >= 4 is 5.69 Å². The number of benzene rings is 1. The van der Waals surface area contributed by atoms with Crippen LogP contribution >= 0.6 is 0 Å². The van der Waals surface area contributed by atoms with E-state index in [-0.39, 0.29) is 24.2 Å². The predicted octanol–water partition coefficient (Wildman–Crippen LogP) is 0.986. The maximum Gasteiger partial charge on any atom is 0.278 e. The first kappa shape index (κ1) is 12.4. The molecule has 0 spiro atoms. The lowest BCUT2D eigenvalue weighted by Crippen LogP contribution is -2.08. The standard InChI is InChI=1S/C10H14N2O4/c1-16-7-2-3-8(10(13)4-5-11)9(6-7)12(14)15/h2-3,6,10,13H,4-5,11H2,1H3/t10-/m1/s1. The monoisotopic (exact) mass is 226 g/mol. The quantitative estimate of drug-likeness (QED) is 0.576. The molecular formula is C10H14N2O4. The van der Waals surface area contributed by atoms with Gasteiger partial charge in [-0.1, -0.05) is 0 Å². The van der Waals surface area contributed by atoms with Gasteiger partial charge in [-0.2, -0.15) is 0 Å². The van der Waals surface area contributed by atoms with Crippen molar-refractivity contribution in [1.82, 2.24) is 0 Å². The number of nitro benzene ring substituents is 1. The zero-order valence-electron chi connectivity index (χ0n) is 8.92. The fourth-order valence-electron chi connectivity index (χ4n) is 1.40. The molecule has 0 amide bonds. The third-order valence-corrected chi connectivity index (χ3v) is 2.23. The Kier molecular flexibility index (Phi) is 4.21. The highest BCUT2D eigenvalue weighted by atomic mass is 16.6. The van der Waals surface area contributed by atoms with E-state index in [0.717, 1.165) is 0 Å². The average molecular weight is 226 g/mol. The molecule has 16 heavy (non-hydrogen) atoms. The van der Waals surface area contributed by atoms with Gasteiger partial charge in [-0.15, -0.1) is 0 Å². The Morgan fingerprint density at radius 3 is 2.81 bits per heavy atom. The number of hydrogen-bond acceptors (Lipinski definition) is 5. The van der Waals surface area contributed by atoms with E-state index in [4.69, 9.17) is 10.5 Å². The second-order valence-corrected chi connectivity index (χ2v) is 3.28. The Morgan fingerprint density at radius 1 is 1.62 bits per heavy atom. The zero-order valence-corrected chi connectivity index (χ0v) is 8.92. The number of nitrogens with zero attached hydrogens (tertiary/aromatic N) is 1. The molecule has 0 aliphatic heterocycles. The summed E-state index contributed by atoms with van der Waals surface area (Å²) in [6.07, 6.45) is -0.635. The lowest BCUT2D eigenvalue weighted by molar-refractivity contribution is -0.386. The maximum atomic E-state index is 10.8. The number of nitro groups is 1. The van der Waals surface area contributed by atoms with E-state index in [0.29, 0.717) is 5.75 Å². The van der Waals surface area contributed by atoms with Crippen LogP contribution in [0, 0.1) is 10.1 Å². The molecule has 0 bridgehead atoms. The summed E-state index contributed by atoms with van der Waals surface area (Å²) in [7, 11) is 1.43. The van der Waals surface area contributed by atoms with Crippen LogP contribution in [0.4, 0.5) is 5.69 Å². The summed E-state index contributed by atoms with van der Waals surface area (Å²) >= 11 is 0. The van der Waals surface area contributed by atoms with Crippen molar-refractivity contribution in [2.24, 2.45) is 5.73 Å². The van der Waals surface area contributed by atoms with Gasteiger partial charge in [-0.3, -0.25) is 10.1 Å². The molecular weight excluding hydrogens is 212 g/mol. The minimum absolute atomic E-state index is 0.152. The van der Waals surface area contributed by atoms with Crippen LogP contribution in [0.3, 0.4) is 0 Å². The normalized spacial score (nSPS) is 12.2. The topological polar surface area (TPSA) is 98.6 Å². The SMILES string of the molecule is COc1ccc([C@H](O)CCN)c([N+](=O)[O-])c1. The first-order valence-electron chi connectivity index (χ1n) is 4.80. The van der Waals surface area contributed by atoms with E-state index < -0.39 is 11.0 Å².